The van der Waals surface area contributed by atoms with E-state index in [0.717, 1.165) is 12.8 Å². The molecule has 2 saturated carbocycles. The summed E-state index contributed by atoms with van der Waals surface area (Å²) in [6.45, 7) is 0. The quantitative estimate of drug-likeness (QED) is 0.794. The van der Waals surface area contributed by atoms with Gasteiger partial charge in [0.2, 0.25) is 0 Å². The zero-order chi connectivity index (χ0) is 11.9. The van der Waals surface area contributed by atoms with Crippen molar-refractivity contribution in [1.29, 1.82) is 0 Å². The number of carbonyl (C=O) groups is 1. The van der Waals surface area contributed by atoms with Crippen molar-refractivity contribution in [3.05, 3.63) is 23.5 Å². The number of hydrogen-bond donors (Lipinski definition) is 2. The molecule has 2 fully saturated rings. The van der Waals surface area contributed by atoms with Gasteiger partial charge in [0, 0.05) is 6.04 Å². The van der Waals surface area contributed by atoms with E-state index < -0.39 is 0 Å². The maximum Gasteiger partial charge on any atom is 0.319 e. The lowest BCUT2D eigenvalue weighted by Crippen LogP contribution is -2.46. The van der Waals surface area contributed by atoms with Crippen LogP contribution in [0, 0.1) is 5.41 Å². The van der Waals surface area contributed by atoms with Crippen LogP contribution in [0.1, 0.15) is 25.7 Å². The predicted molar refractivity (Wildman–Crippen MR) is 66.1 cm³/mol. The molecule has 0 bridgehead atoms. The average Bonchev–Trinajstić information content (AvgIpc) is 3.01. The largest absolute Gasteiger partial charge is 0.335 e. The zero-order valence-electron chi connectivity index (χ0n) is 9.37. The molecule has 5 heteroatoms. The van der Waals surface area contributed by atoms with E-state index in [9.17, 15) is 4.79 Å². The highest BCUT2D eigenvalue weighted by atomic mass is 35.5. The first-order valence-corrected chi connectivity index (χ1v) is 6.22. The third-order valence-electron chi connectivity index (χ3n) is 3.64. The van der Waals surface area contributed by atoms with Gasteiger partial charge >= 0.3 is 6.03 Å². The van der Waals surface area contributed by atoms with Crippen LogP contribution in [0.5, 0.6) is 0 Å². The van der Waals surface area contributed by atoms with Gasteiger partial charge in [-0.15, -0.1) is 0 Å². The van der Waals surface area contributed by atoms with Crippen LogP contribution in [0.4, 0.5) is 10.5 Å². The Kier molecular flexibility index (Phi) is 2.47. The van der Waals surface area contributed by atoms with E-state index in [4.69, 9.17) is 11.6 Å². The second-order valence-electron chi connectivity index (χ2n) is 5.07. The van der Waals surface area contributed by atoms with Gasteiger partial charge in [-0.2, -0.15) is 0 Å². The van der Waals surface area contributed by atoms with Crippen molar-refractivity contribution >= 4 is 23.3 Å². The Hall–Kier alpha value is -1.29. The van der Waals surface area contributed by atoms with E-state index in [2.05, 4.69) is 15.6 Å². The molecule has 3 rings (SSSR count). The van der Waals surface area contributed by atoms with Crippen molar-refractivity contribution in [2.75, 3.05) is 5.32 Å². The van der Waals surface area contributed by atoms with E-state index in [-0.39, 0.29) is 6.03 Å². The van der Waals surface area contributed by atoms with E-state index in [1.54, 1.807) is 18.3 Å². The summed E-state index contributed by atoms with van der Waals surface area (Å²) in [6, 6.07) is 3.57. The Morgan fingerprint density at radius 1 is 1.41 bits per heavy atom. The van der Waals surface area contributed by atoms with Crippen LogP contribution in [0.25, 0.3) is 0 Å². The summed E-state index contributed by atoms with van der Waals surface area (Å²) in [4.78, 5) is 15.6. The molecule has 4 nitrogen and oxygen atoms in total. The number of nitrogens with zero attached hydrogens (tertiary/aromatic N) is 1. The molecule has 1 spiro atoms. The molecular formula is C12H14ClN3O. The minimum atomic E-state index is -0.158. The van der Waals surface area contributed by atoms with Gasteiger partial charge in [0.1, 0.15) is 5.15 Å². The summed E-state index contributed by atoms with van der Waals surface area (Å²) in [5, 5.41) is 6.13. The van der Waals surface area contributed by atoms with Gasteiger partial charge in [-0.25, -0.2) is 9.78 Å². The summed E-state index contributed by atoms with van der Waals surface area (Å²) in [5.74, 6) is 0. The molecule has 0 saturated heterocycles. The molecule has 2 amide bonds. The zero-order valence-corrected chi connectivity index (χ0v) is 10.1. The molecule has 1 aromatic heterocycles. The lowest BCUT2D eigenvalue weighted by molar-refractivity contribution is 0.195. The molecule has 2 aliphatic carbocycles. The van der Waals surface area contributed by atoms with Crippen molar-refractivity contribution in [1.82, 2.24) is 10.3 Å². The van der Waals surface area contributed by atoms with Gasteiger partial charge in [-0.05, 0) is 43.2 Å². The third-order valence-corrected chi connectivity index (χ3v) is 3.86. The SMILES string of the molecule is O=C(Nc1ccc(Cl)nc1)NC1CC2(CC2)C1. The first-order chi connectivity index (χ1) is 8.15. The number of anilines is 1. The number of urea groups is 1. The number of hydrogen-bond acceptors (Lipinski definition) is 2. The van der Waals surface area contributed by atoms with Gasteiger partial charge in [0.15, 0.2) is 0 Å². The second kappa shape index (κ2) is 3.88. The summed E-state index contributed by atoms with van der Waals surface area (Å²) < 4.78 is 0. The maximum absolute atomic E-state index is 11.6. The van der Waals surface area contributed by atoms with Crippen molar-refractivity contribution in [2.24, 2.45) is 5.41 Å². The summed E-state index contributed by atoms with van der Waals surface area (Å²) in [5.41, 5.74) is 1.27. The Morgan fingerprint density at radius 2 is 2.18 bits per heavy atom. The standard InChI is InChI=1S/C12H14ClN3O/c13-10-2-1-8(7-14-10)15-11(17)16-9-5-12(6-9)3-4-12/h1-2,7,9H,3-6H2,(H2,15,16,17). The van der Waals surface area contributed by atoms with Crippen LogP contribution in [-0.4, -0.2) is 17.1 Å². The highest BCUT2D eigenvalue weighted by molar-refractivity contribution is 6.29. The lowest BCUT2D eigenvalue weighted by atomic mass is 9.77. The fourth-order valence-corrected chi connectivity index (χ4v) is 2.59. The molecule has 1 aromatic rings. The van der Waals surface area contributed by atoms with Crippen LogP contribution in [0.15, 0.2) is 18.3 Å². The monoisotopic (exact) mass is 251 g/mol. The third kappa shape index (κ3) is 2.36. The summed E-state index contributed by atoms with van der Waals surface area (Å²) >= 11 is 5.66. The fraction of sp³-hybridized carbons (Fsp3) is 0.500. The molecule has 0 aliphatic heterocycles. The first-order valence-electron chi connectivity index (χ1n) is 5.84. The first kappa shape index (κ1) is 10.8. The van der Waals surface area contributed by atoms with E-state index in [1.807, 2.05) is 0 Å². The molecule has 2 N–H and O–H groups in total. The van der Waals surface area contributed by atoms with Crippen molar-refractivity contribution < 1.29 is 4.79 Å². The number of carbonyl (C=O) groups excluding carboxylic acids is 1. The van der Waals surface area contributed by atoms with E-state index in [1.165, 1.54) is 12.8 Å². The normalized spacial score (nSPS) is 20.8. The molecule has 0 unspecified atom stereocenters. The minimum Gasteiger partial charge on any atom is -0.335 e. The number of aromatic nitrogens is 1. The summed E-state index contributed by atoms with van der Waals surface area (Å²) in [7, 11) is 0. The van der Waals surface area contributed by atoms with Gasteiger partial charge in [0.05, 0.1) is 11.9 Å². The molecular weight excluding hydrogens is 238 g/mol. The van der Waals surface area contributed by atoms with Gasteiger partial charge in [-0.3, -0.25) is 0 Å². The molecule has 2 aliphatic rings. The molecule has 0 radical (unpaired) electrons. The minimum absolute atomic E-state index is 0.158. The van der Waals surface area contributed by atoms with Crippen LogP contribution < -0.4 is 10.6 Å². The molecule has 0 aromatic carbocycles. The smallest absolute Gasteiger partial charge is 0.319 e. The Labute approximate surface area is 105 Å². The molecule has 0 atom stereocenters. The average molecular weight is 252 g/mol. The van der Waals surface area contributed by atoms with Crippen LogP contribution in [0.2, 0.25) is 5.15 Å². The molecule has 17 heavy (non-hydrogen) atoms. The van der Waals surface area contributed by atoms with E-state index in [0.29, 0.717) is 22.3 Å². The van der Waals surface area contributed by atoms with Gasteiger partial charge in [-0.1, -0.05) is 11.6 Å². The topological polar surface area (TPSA) is 54.0 Å². The Balaban J connectivity index is 1.48. The van der Waals surface area contributed by atoms with Gasteiger partial charge < -0.3 is 10.6 Å². The highest BCUT2D eigenvalue weighted by Crippen LogP contribution is 2.60. The molecule has 90 valence electrons. The summed E-state index contributed by atoms with van der Waals surface area (Å²) in [6.07, 6.45) is 6.51. The fourth-order valence-electron chi connectivity index (χ4n) is 2.48. The van der Waals surface area contributed by atoms with Crippen molar-refractivity contribution in [3.63, 3.8) is 0 Å². The van der Waals surface area contributed by atoms with E-state index >= 15 is 0 Å². The lowest BCUT2D eigenvalue weighted by Gasteiger charge is -2.36. The van der Waals surface area contributed by atoms with Crippen molar-refractivity contribution in [2.45, 2.75) is 31.7 Å². The van der Waals surface area contributed by atoms with Crippen LogP contribution in [-0.2, 0) is 0 Å². The number of halogens is 1. The van der Waals surface area contributed by atoms with Gasteiger partial charge in [0.25, 0.3) is 0 Å². The number of pyridine rings is 1. The maximum atomic E-state index is 11.6. The number of nitrogens with one attached hydrogen (secondary N) is 2. The molecule has 1 heterocycles. The van der Waals surface area contributed by atoms with Crippen LogP contribution in [0.3, 0.4) is 0 Å². The van der Waals surface area contributed by atoms with Crippen LogP contribution >= 0.6 is 11.6 Å². The Morgan fingerprint density at radius 3 is 2.76 bits per heavy atom. The van der Waals surface area contributed by atoms with Crippen molar-refractivity contribution in [3.8, 4) is 0 Å². The highest BCUT2D eigenvalue weighted by Gasteiger charge is 2.53. The predicted octanol–water partition coefficient (Wildman–Crippen LogP) is 2.80. The number of rotatable bonds is 2. The second-order valence-corrected chi connectivity index (χ2v) is 5.46. The number of amides is 2. The Bertz CT molecular complexity index is 434.